The van der Waals surface area contributed by atoms with Crippen molar-refractivity contribution in [2.24, 2.45) is 5.92 Å². The fraction of sp³-hybridized carbons (Fsp3) is 0.552. The normalized spacial score (nSPS) is 19.8. The zero-order valence-electron chi connectivity index (χ0n) is 23.4. The van der Waals surface area contributed by atoms with E-state index in [-0.39, 0.29) is 30.3 Å². The van der Waals surface area contributed by atoms with Gasteiger partial charge in [-0.3, -0.25) is 14.9 Å². The lowest BCUT2D eigenvalue weighted by Crippen LogP contribution is -2.50. The maximum absolute atomic E-state index is 13.3. The van der Waals surface area contributed by atoms with Gasteiger partial charge in [0.25, 0.3) is 5.69 Å². The van der Waals surface area contributed by atoms with E-state index in [2.05, 4.69) is 24.1 Å². The lowest BCUT2D eigenvalue weighted by molar-refractivity contribution is -0.388. The molecule has 1 N–H and O–H groups in total. The number of piperazine rings is 1. The minimum Gasteiger partial charge on any atom is -0.493 e. The van der Waals surface area contributed by atoms with Crippen LogP contribution >= 0.6 is 0 Å². The van der Waals surface area contributed by atoms with Crippen LogP contribution in [0.25, 0.3) is 0 Å². The van der Waals surface area contributed by atoms with Crippen LogP contribution in [0, 0.1) is 16.0 Å². The first-order chi connectivity index (χ1) is 19.5. The third-order valence-electron chi connectivity index (χ3n) is 7.40. The number of hydrogen-bond donors (Lipinski definition) is 1. The van der Waals surface area contributed by atoms with Gasteiger partial charge >= 0.3 is 6.18 Å². The zero-order chi connectivity index (χ0) is 29.6. The predicted molar refractivity (Wildman–Crippen MR) is 149 cm³/mol. The van der Waals surface area contributed by atoms with E-state index in [1.165, 1.54) is 6.07 Å². The maximum atomic E-state index is 13.3. The van der Waals surface area contributed by atoms with Gasteiger partial charge in [-0.05, 0) is 68.0 Å². The first kappa shape index (κ1) is 30.4. The highest BCUT2D eigenvalue weighted by Crippen LogP contribution is 2.38. The molecule has 1 aliphatic heterocycles. The van der Waals surface area contributed by atoms with Gasteiger partial charge in [-0.1, -0.05) is 13.8 Å². The van der Waals surface area contributed by atoms with Gasteiger partial charge in [0.1, 0.15) is 17.9 Å². The fourth-order valence-electron chi connectivity index (χ4n) is 5.13. The summed E-state index contributed by atoms with van der Waals surface area (Å²) in [6, 6.07) is 10.9. The summed E-state index contributed by atoms with van der Waals surface area (Å²) in [4.78, 5) is 26.8. The van der Waals surface area contributed by atoms with Crippen molar-refractivity contribution in [3.63, 3.8) is 0 Å². The molecule has 0 radical (unpaired) electrons. The Morgan fingerprint density at radius 1 is 1.05 bits per heavy atom. The van der Waals surface area contributed by atoms with E-state index in [4.69, 9.17) is 9.47 Å². The second-order valence-corrected chi connectivity index (χ2v) is 11.0. The Hall–Kier alpha value is -3.54. The van der Waals surface area contributed by atoms with Crippen molar-refractivity contribution in [2.75, 3.05) is 49.6 Å². The molecule has 2 aromatic carbocycles. The topological polar surface area (TPSA) is 97.2 Å². The number of carbonyl (C=O) groups is 1. The molecule has 224 valence electrons. The number of hydrogen-bond acceptors (Lipinski definition) is 7. The molecule has 41 heavy (non-hydrogen) atoms. The summed E-state index contributed by atoms with van der Waals surface area (Å²) in [7, 11) is 0. The minimum absolute atomic E-state index is 0.00193. The van der Waals surface area contributed by atoms with Crippen molar-refractivity contribution in [3.05, 3.63) is 58.1 Å². The average Bonchev–Trinajstić information content (AvgIpc) is 2.95. The quantitative estimate of drug-likeness (QED) is 0.284. The highest BCUT2D eigenvalue weighted by atomic mass is 19.4. The van der Waals surface area contributed by atoms with Crippen LogP contribution in [0.2, 0.25) is 0 Å². The van der Waals surface area contributed by atoms with Crippen molar-refractivity contribution >= 4 is 23.0 Å². The molecule has 0 spiro atoms. The van der Waals surface area contributed by atoms with Gasteiger partial charge in [0, 0.05) is 49.7 Å². The average molecular weight is 579 g/mol. The van der Waals surface area contributed by atoms with E-state index in [9.17, 15) is 28.1 Å². The molecule has 1 aliphatic carbocycles. The SMILES string of the molecule is CC(C)COc1ccc(N2CCN(C(=O)CO[C@H]3CC[C@H](Nc4ccc([N+](=O)[O-])c(C(F)(F)F)c4)CC3)CC2)cc1. The molecule has 1 saturated heterocycles. The molecule has 4 rings (SSSR count). The number of nitro benzene ring substituents is 1. The molecular weight excluding hydrogens is 541 g/mol. The molecule has 9 nitrogen and oxygen atoms in total. The Morgan fingerprint density at radius 3 is 2.29 bits per heavy atom. The lowest BCUT2D eigenvalue weighted by Gasteiger charge is -2.36. The third kappa shape index (κ3) is 8.48. The zero-order valence-corrected chi connectivity index (χ0v) is 23.4. The highest BCUT2D eigenvalue weighted by molar-refractivity contribution is 5.77. The number of nitrogens with one attached hydrogen (secondary N) is 1. The van der Waals surface area contributed by atoms with Gasteiger partial charge in [0.2, 0.25) is 5.91 Å². The van der Waals surface area contributed by atoms with Gasteiger partial charge in [0.05, 0.1) is 17.6 Å². The molecule has 2 aliphatic rings. The number of benzene rings is 2. The van der Waals surface area contributed by atoms with Crippen LogP contribution in [0.15, 0.2) is 42.5 Å². The summed E-state index contributed by atoms with van der Waals surface area (Å²) >= 11 is 0. The van der Waals surface area contributed by atoms with Crippen LogP contribution in [0.3, 0.4) is 0 Å². The van der Waals surface area contributed by atoms with Gasteiger partial charge in [-0.2, -0.15) is 13.2 Å². The molecular formula is C29H37F3N4O5. The van der Waals surface area contributed by atoms with Crippen LogP contribution in [-0.4, -0.2) is 67.3 Å². The number of nitro groups is 1. The fourth-order valence-corrected chi connectivity index (χ4v) is 5.13. The number of alkyl halides is 3. The monoisotopic (exact) mass is 578 g/mol. The summed E-state index contributed by atoms with van der Waals surface area (Å²) in [5.74, 6) is 1.26. The number of nitrogens with zero attached hydrogens (tertiary/aromatic N) is 3. The summed E-state index contributed by atoms with van der Waals surface area (Å²) in [6.07, 6.45) is -2.30. The Balaban J connectivity index is 1.17. The molecule has 2 fully saturated rings. The molecule has 0 unspecified atom stereocenters. The van der Waals surface area contributed by atoms with E-state index in [1.807, 2.05) is 29.2 Å². The van der Waals surface area contributed by atoms with Crippen LogP contribution in [0.4, 0.5) is 30.2 Å². The predicted octanol–water partition coefficient (Wildman–Crippen LogP) is 5.74. The molecule has 0 atom stereocenters. The van der Waals surface area contributed by atoms with Crippen molar-refractivity contribution < 1.29 is 32.4 Å². The summed E-state index contributed by atoms with van der Waals surface area (Å²) in [5.41, 5.74) is -0.947. The van der Waals surface area contributed by atoms with Gasteiger partial charge in [0.15, 0.2) is 0 Å². The van der Waals surface area contributed by atoms with Gasteiger partial charge in [-0.15, -0.1) is 0 Å². The maximum Gasteiger partial charge on any atom is 0.423 e. The van der Waals surface area contributed by atoms with E-state index in [0.29, 0.717) is 51.3 Å². The van der Waals surface area contributed by atoms with Gasteiger partial charge in [-0.25, -0.2) is 0 Å². The largest absolute Gasteiger partial charge is 0.493 e. The summed E-state index contributed by atoms with van der Waals surface area (Å²) in [6.45, 7) is 7.57. The number of ether oxygens (including phenoxy) is 2. The van der Waals surface area contributed by atoms with Crippen LogP contribution in [0.1, 0.15) is 45.1 Å². The Kier molecular flexibility index (Phi) is 9.95. The van der Waals surface area contributed by atoms with Crippen molar-refractivity contribution in [1.29, 1.82) is 0 Å². The van der Waals surface area contributed by atoms with Gasteiger partial charge < -0.3 is 24.6 Å². The third-order valence-corrected chi connectivity index (χ3v) is 7.40. The highest BCUT2D eigenvalue weighted by Gasteiger charge is 2.38. The lowest BCUT2D eigenvalue weighted by atomic mass is 9.92. The number of anilines is 2. The molecule has 1 heterocycles. The van der Waals surface area contributed by atoms with E-state index >= 15 is 0 Å². The van der Waals surface area contributed by atoms with Crippen LogP contribution < -0.4 is 15.0 Å². The molecule has 2 aromatic rings. The second-order valence-electron chi connectivity index (χ2n) is 11.0. The molecule has 0 bridgehead atoms. The molecule has 1 amide bonds. The van der Waals surface area contributed by atoms with Crippen molar-refractivity contribution in [2.45, 2.75) is 57.9 Å². The Labute approximate surface area is 237 Å². The van der Waals surface area contributed by atoms with Crippen LogP contribution in [-0.2, 0) is 15.7 Å². The standard InChI is InChI=1S/C29H37F3N4O5/c1-20(2)18-40-25-10-6-23(7-11-25)34-13-15-35(16-14-34)28(37)19-41-24-8-3-21(4-9-24)33-22-5-12-27(36(38)39)26(17-22)29(30,31)32/h5-7,10-12,17,20-21,24,33H,3-4,8-9,13-16,18-19H2,1-2H3/t21-,24-. The number of halogens is 3. The first-order valence-electron chi connectivity index (χ1n) is 14.0. The number of amides is 1. The Bertz CT molecular complexity index is 1180. The van der Waals surface area contributed by atoms with E-state index in [1.54, 1.807) is 0 Å². The summed E-state index contributed by atoms with van der Waals surface area (Å²) < 4.78 is 51.5. The first-order valence-corrected chi connectivity index (χ1v) is 14.0. The number of carbonyl (C=O) groups excluding carboxylic acids is 1. The van der Waals surface area contributed by atoms with Crippen molar-refractivity contribution in [1.82, 2.24) is 4.90 Å². The smallest absolute Gasteiger partial charge is 0.423 e. The minimum atomic E-state index is -4.82. The number of rotatable bonds is 10. The molecule has 0 aromatic heterocycles. The molecule has 12 heteroatoms. The van der Waals surface area contributed by atoms with E-state index in [0.717, 1.165) is 36.7 Å². The summed E-state index contributed by atoms with van der Waals surface area (Å²) in [5, 5.41) is 14.0. The van der Waals surface area contributed by atoms with Crippen molar-refractivity contribution in [3.8, 4) is 5.75 Å². The van der Waals surface area contributed by atoms with E-state index < -0.39 is 22.4 Å². The second kappa shape index (κ2) is 13.4. The molecule has 1 saturated carbocycles. The Morgan fingerprint density at radius 2 is 1.71 bits per heavy atom. The van der Waals surface area contributed by atoms with Crippen LogP contribution in [0.5, 0.6) is 5.75 Å².